The van der Waals surface area contributed by atoms with E-state index in [1.165, 1.54) is 4.57 Å². The van der Waals surface area contributed by atoms with Gasteiger partial charge in [0, 0.05) is 32.1 Å². The first kappa shape index (κ1) is 11.7. The molecule has 0 atom stereocenters. The van der Waals surface area contributed by atoms with Gasteiger partial charge in [-0.25, -0.2) is 0 Å². The van der Waals surface area contributed by atoms with Crippen LogP contribution in [0.1, 0.15) is 6.92 Å². The van der Waals surface area contributed by atoms with Gasteiger partial charge < -0.3 is 5.32 Å². The van der Waals surface area contributed by atoms with Crippen molar-refractivity contribution in [3.63, 3.8) is 0 Å². The van der Waals surface area contributed by atoms with Gasteiger partial charge in [0.1, 0.15) is 5.69 Å². The fourth-order valence-electron chi connectivity index (χ4n) is 1.57. The third-order valence-corrected chi connectivity index (χ3v) is 2.50. The molecule has 0 aliphatic carbocycles. The number of halogens is 1. The van der Waals surface area contributed by atoms with E-state index in [0.717, 1.165) is 0 Å². The number of hydrogen-bond acceptors (Lipinski definition) is 3. The molecule has 0 aromatic carbocycles. The summed E-state index contributed by atoms with van der Waals surface area (Å²) in [4.78, 5) is 12.1. The summed E-state index contributed by atoms with van der Waals surface area (Å²) in [5.41, 5.74) is 0.320. The Balaban J connectivity index is 2.58. The predicted octanol–water partition coefficient (Wildman–Crippen LogP) is 1.66. The van der Waals surface area contributed by atoms with Crippen LogP contribution in [-0.4, -0.2) is 20.9 Å². The van der Waals surface area contributed by atoms with Crippen LogP contribution in [0.3, 0.4) is 0 Å². The standard InChI is InChI=1S/C11H13ClN4O/c1-3-13-9-6-8(12)7-16(11(9)17)10-4-5-15(2)14-10/h4-7,13H,3H2,1-2H3. The van der Waals surface area contributed by atoms with E-state index in [1.54, 1.807) is 36.3 Å². The van der Waals surface area contributed by atoms with Gasteiger partial charge in [-0.15, -0.1) is 0 Å². The quantitative estimate of drug-likeness (QED) is 0.904. The maximum Gasteiger partial charge on any atom is 0.279 e. The Morgan fingerprint density at radius 3 is 2.88 bits per heavy atom. The van der Waals surface area contributed by atoms with Crippen molar-refractivity contribution in [2.24, 2.45) is 7.05 Å². The summed E-state index contributed by atoms with van der Waals surface area (Å²) < 4.78 is 3.07. The molecule has 17 heavy (non-hydrogen) atoms. The second kappa shape index (κ2) is 4.63. The number of pyridine rings is 1. The Labute approximate surface area is 104 Å². The Morgan fingerprint density at radius 1 is 1.53 bits per heavy atom. The largest absolute Gasteiger partial charge is 0.381 e. The Kier molecular flexibility index (Phi) is 3.19. The van der Waals surface area contributed by atoms with Gasteiger partial charge in [0.2, 0.25) is 0 Å². The second-order valence-electron chi connectivity index (χ2n) is 3.63. The van der Waals surface area contributed by atoms with E-state index in [4.69, 9.17) is 11.6 Å². The molecule has 0 aliphatic heterocycles. The monoisotopic (exact) mass is 252 g/mol. The molecule has 2 aromatic rings. The zero-order chi connectivity index (χ0) is 12.4. The average molecular weight is 253 g/mol. The highest BCUT2D eigenvalue weighted by molar-refractivity contribution is 6.30. The fourth-order valence-corrected chi connectivity index (χ4v) is 1.77. The minimum Gasteiger partial charge on any atom is -0.381 e. The van der Waals surface area contributed by atoms with E-state index < -0.39 is 0 Å². The number of aryl methyl sites for hydroxylation is 1. The van der Waals surface area contributed by atoms with Crippen molar-refractivity contribution in [1.82, 2.24) is 14.3 Å². The molecule has 1 N–H and O–H groups in total. The van der Waals surface area contributed by atoms with Gasteiger partial charge >= 0.3 is 0 Å². The van der Waals surface area contributed by atoms with Crippen LogP contribution in [0.25, 0.3) is 5.82 Å². The molecule has 0 saturated carbocycles. The number of rotatable bonds is 3. The maximum atomic E-state index is 12.1. The molecule has 0 spiro atoms. The molecule has 6 heteroatoms. The second-order valence-corrected chi connectivity index (χ2v) is 4.06. The summed E-state index contributed by atoms with van der Waals surface area (Å²) in [5.74, 6) is 0.555. The maximum absolute atomic E-state index is 12.1. The third-order valence-electron chi connectivity index (χ3n) is 2.30. The van der Waals surface area contributed by atoms with Crippen molar-refractivity contribution in [3.8, 4) is 5.82 Å². The lowest BCUT2D eigenvalue weighted by Crippen LogP contribution is -2.22. The normalized spacial score (nSPS) is 10.5. The zero-order valence-corrected chi connectivity index (χ0v) is 10.4. The topological polar surface area (TPSA) is 51.9 Å². The molecule has 2 aromatic heterocycles. The summed E-state index contributed by atoms with van der Waals surface area (Å²) in [6.07, 6.45) is 3.34. The van der Waals surface area contributed by atoms with E-state index in [2.05, 4.69) is 10.4 Å². The highest BCUT2D eigenvalue weighted by Gasteiger charge is 2.08. The van der Waals surface area contributed by atoms with Crippen molar-refractivity contribution in [3.05, 3.63) is 39.9 Å². The van der Waals surface area contributed by atoms with Crippen LogP contribution in [0, 0.1) is 0 Å². The molecule has 2 heterocycles. The molecule has 0 saturated heterocycles. The summed E-state index contributed by atoms with van der Waals surface area (Å²) >= 11 is 5.98. The molecule has 0 unspecified atom stereocenters. The first-order valence-corrected chi connectivity index (χ1v) is 5.65. The molecule has 90 valence electrons. The number of nitrogens with one attached hydrogen (secondary N) is 1. The first-order valence-electron chi connectivity index (χ1n) is 5.28. The number of aromatic nitrogens is 3. The van der Waals surface area contributed by atoms with Crippen molar-refractivity contribution in [2.45, 2.75) is 6.92 Å². The summed E-state index contributed by atoms with van der Waals surface area (Å²) in [7, 11) is 1.80. The minimum atomic E-state index is -0.157. The smallest absolute Gasteiger partial charge is 0.279 e. The molecule has 0 aliphatic rings. The van der Waals surface area contributed by atoms with E-state index in [0.29, 0.717) is 23.1 Å². The number of nitrogens with zero attached hydrogens (tertiary/aromatic N) is 3. The Morgan fingerprint density at radius 2 is 2.29 bits per heavy atom. The lowest BCUT2D eigenvalue weighted by molar-refractivity contribution is 0.746. The lowest BCUT2D eigenvalue weighted by atomic mass is 10.4. The van der Waals surface area contributed by atoms with E-state index in [1.807, 2.05) is 6.92 Å². The molecular formula is C11H13ClN4O. The van der Waals surface area contributed by atoms with Gasteiger partial charge in [0.05, 0.1) is 5.02 Å². The van der Waals surface area contributed by atoms with Gasteiger partial charge in [-0.3, -0.25) is 14.0 Å². The van der Waals surface area contributed by atoms with Crippen molar-refractivity contribution in [2.75, 3.05) is 11.9 Å². The Bertz CT molecular complexity index is 587. The van der Waals surface area contributed by atoms with E-state index in [9.17, 15) is 4.79 Å². The molecule has 0 bridgehead atoms. The first-order chi connectivity index (χ1) is 8.11. The van der Waals surface area contributed by atoms with Crippen molar-refractivity contribution in [1.29, 1.82) is 0 Å². The molecule has 0 fully saturated rings. The SMILES string of the molecule is CCNc1cc(Cl)cn(-c2ccn(C)n2)c1=O. The number of hydrogen-bond donors (Lipinski definition) is 1. The average Bonchev–Trinajstić information content (AvgIpc) is 2.70. The Hall–Kier alpha value is -1.75. The number of anilines is 1. The van der Waals surface area contributed by atoms with Crippen LogP contribution in [0.4, 0.5) is 5.69 Å². The van der Waals surface area contributed by atoms with Gasteiger partial charge in [0.25, 0.3) is 5.56 Å². The fraction of sp³-hybridized carbons (Fsp3) is 0.273. The van der Waals surface area contributed by atoms with Gasteiger partial charge in [-0.2, -0.15) is 5.10 Å². The van der Waals surface area contributed by atoms with Crippen LogP contribution >= 0.6 is 11.6 Å². The molecular weight excluding hydrogens is 240 g/mol. The van der Waals surface area contributed by atoms with E-state index in [-0.39, 0.29) is 5.56 Å². The van der Waals surface area contributed by atoms with Crippen LogP contribution in [-0.2, 0) is 7.05 Å². The predicted molar refractivity (Wildman–Crippen MR) is 68.0 cm³/mol. The molecule has 0 amide bonds. The van der Waals surface area contributed by atoms with Gasteiger partial charge in [0.15, 0.2) is 5.82 Å². The van der Waals surface area contributed by atoms with Crippen molar-refractivity contribution >= 4 is 17.3 Å². The molecule has 0 radical (unpaired) electrons. The van der Waals surface area contributed by atoms with Crippen LogP contribution in [0.5, 0.6) is 0 Å². The van der Waals surface area contributed by atoms with Crippen molar-refractivity contribution < 1.29 is 0 Å². The van der Waals surface area contributed by atoms with E-state index >= 15 is 0 Å². The van der Waals surface area contributed by atoms with Crippen LogP contribution < -0.4 is 10.9 Å². The van der Waals surface area contributed by atoms with Gasteiger partial charge in [-0.1, -0.05) is 11.6 Å². The highest BCUT2D eigenvalue weighted by atomic mass is 35.5. The van der Waals surface area contributed by atoms with Crippen LogP contribution in [0.15, 0.2) is 29.3 Å². The summed E-state index contributed by atoms with van der Waals surface area (Å²) in [6, 6.07) is 3.38. The lowest BCUT2D eigenvalue weighted by Gasteiger charge is -2.07. The minimum absolute atomic E-state index is 0.157. The summed E-state index contributed by atoms with van der Waals surface area (Å²) in [6.45, 7) is 2.59. The summed E-state index contributed by atoms with van der Waals surface area (Å²) in [5, 5.41) is 7.65. The zero-order valence-electron chi connectivity index (χ0n) is 9.64. The molecule has 2 rings (SSSR count). The van der Waals surface area contributed by atoms with Gasteiger partial charge in [-0.05, 0) is 13.0 Å². The van der Waals surface area contributed by atoms with Crippen LogP contribution in [0.2, 0.25) is 5.02 Å². The third kappa shape index (κ3) is 2.34. The molecule has 5 nitrogen and oxygen atoms in total. The highest BCUT2D eigenvalue weighted by Crippen LogP contribution is 2.13.